The van der Waals surface area contributed by atoms with Crippen LogP contribution in [0.1, 0.15) is 47.0 Å². The van der Waals surface area contributed by atoms with E-state index in [0.29, 0.717) is 6.42 Å². The Labute approximate surface area is 193 Å². The predicted octanol–water partition coefficient (Wildman–Crippen LogP) is -2.40. The maximum atomic E-state index is 12.8. The molecule has 0 rings (SSSR count). The molecule has 11 N–H and O–H groups in total. The van der Waals surface area contributed by atoms with Crippen molar-refractivity contribution in [2.75, 3.05) is 13.2 Å². The van der Waals surface area contributed by atoms with E-state index < -0.39 is 54.5 Å². The van der Waals surface area contributed by atoms with Crippen LogP contribution >= 0.6 is 0 Å². The van der Waals surface area contributed by atoms with Gasteiger partial charge >= 0.3 is 5.97 Å². The summed E-state index contributed by atoms with van der Waals surface area (Å²) >= 11 is 0. The molecule has 0 aliphatic heterocycles. The molecule has 0 aliphatic carbocycles. The summed E-state index contributed by atoms with van der Waals surface area (Å²) in [6.45, 7) is 6.53. The topological polar surface area (TPSA) is 235 Å². The average Bonchev–Trinajstić information content (AvgIpc) is 2.71. The zero-order valence-corrected chi connectivity index (χ0v) is 19.7. The van der Waals surface area contributed by atoms with Gasteiger partial charge in [-0.2, -0.15) is 0 Å². The number of carboxylic acid groups (broad SMARTS) is 1. The van der Waals surface area contributed by atoms with Gasteiger partial charge in [0, 0.05) is 6.54 Å². The third-order valence-electron chi connectivity index (χ3n) is 4.74. The molecular weight excluding hydrogens is 434 g/mol. The number of carbonyl (C=O) groups is 4. The van der Waals surface area contributed by atoms with Crippen LogP contribution in [0.2, 0.25) is 0 Å². The molecule has 13 heteroatoms. The Morgan fingerprint density at radius 3 is 1.85 bits per heavy atom. The molecule has 13 nitrogen and oxygen atoms in total. The molecule has 190 valence electrons. The van der Waals surface area contributed by atoms with Gasteiger partial charge in [0.1, 0.15) is 18.1 Å². The lowest BCUT2D eigenvalue weighted by atomic mass is 10.0. The van der Waals surface area contributed by atoms with Gasteiger partial charge in [0.2, 0.25) is 17.7 Å². The molecule has 0 spiro atoms. The number of hydrogen-bond donors (Lipinski definition) is 8. The normalized spacial score (nSPS) is 14.7. The first-order valence-electron chi connectivity index (χ1n) is 10.9. The maximum absolute atomic E-state index is 12.8. The second-order valence-electron chi connectivity index (χ2n) is 8.55. The first kappa shape index (κ1) is 30.1. The van der Waals surface area contributed by atoms with Gasteiger partial charge in [0.15, 0.2) is 5.96 Å². The molecule has 0 saturated carbocycles. The van der Waals surface area contributed by atoms with Gasteiger partial charge in [0.05, 0.1) is 12.6 Å². The Hall–Kier alpha value is -2.93. The number of aliphatic hydroxyl groups excluding tert-OH is 1. The number of aliphatic hydroxyl groups is 1. The molecule has 0 heterocycles. The highest BCUT2D eigenvalue weighted by Gasteiger charge is 2.30. The fraction of sp³-hybridized carbons (Fsp3) is 0.750. The van der Waals surface area contributed by atoms with Crippen LogP contribution in [-0.2, 0) is 19.2 Å². The standard InChI is InChI=1S/C20H39N7O6/c1-10(2)8-13(19(32)33)26-16(29)12(6-5-7-24-20(22)23)25-17(30)14(9-28)27-18(31)15(21)11(3)4/h10-15,28H,5-9,21H2,1-4H3,(H,25,30)(H,26,29)(H,27,31)(H,32,33)(H4,22,23,24). The van der Waals surface area contributed by atoms with E-state index in [1.807, 2.05) is 13.8 Å². The number of nitrogens with one attached hydrogen (secondary N) is 3. The number of amides is 3. The lowest BCUT2D eigenvalue weighted by Gasteiger charge is -2.25. The molecular formula is C20H39N7O6. The molecule has 0 radical (unpaired) electrons. The highest BCUT2D eigenvalue weighted by atomic mass is 16.4. The molecule has 0 aromatic heterocycles. The molecule has 0 fully saturated rings. The van der Waals surface area contributed by atoms with Crippen molar-refractivity contribution in [3.63, 3.8) is 0 Å². The van der Waals surface area contributed by atoms with Crippen LogP contribution in [0.15, 0.2) is 4.99 Å². The van der Waals surface area contributed by atoms with Gasteiger partial charge in [-0.1, -0.05) is 27.7 Å². The molecule has 0 aromatic carbocycles. The summed E-state index contributed by atoms with van der Waals surface area (Å²) in [5.74, 6) is -3.70. The molecule has 0 bridgehead atoms. The third-order valence-corrected chi connectivity index (χ3v) is 4.74. The number of rotatable bonds is 15. The summed E-state index contributed by atoms with van der Waals surface area (Å²) in [6.07, 6.45) is 0.574. The van der Waals surface area contributed by atoms with Gasteiger partial charge in [0.25, 0.3) is 0 Å². The van der Waals surface area contributed by atoms with Gasteiger partial charge in [-0.15, -0.1) is 0 Å². The van der Waals surface area contributed by atoms with Crippen LogP contribution in [0.5, 0.6) is 0 Å². The van der Waals surface area contributed by atoms with Crippen LogP contribution in [0.25, 0.3) is 0 Å². The molecule has 4 atom stereocenters. The number of carbonyl (C=O) groups excluding carboxylic acids is 3. The number of guanidine groups is 1. The molecule has 3 amide bonds. The van der Waals surface area contributed by atoms with Crippen molar-refractivity contribution in [3.05, 3.63) is 0 Å². The Morgan fingerprint density at radius 1 is 0.879 bits per heavy atom. The fourth-order valence-electron chi connectivity index (χ4n) is 2.77. The molecule has 0 aliphatic rings. The van der Waals surface area contributed by atoms with E-state index in [4.69, 9.17) is 17.2 Å². The highest BCUT2D eigenvalue weighted by molar-refractivity contribution is 5.94. The minimum atomic E-state index is -1.35. The summed E-state index contributed by atoms with van der Waals surface area (Å²) in [7, 11) is 0. The van der Waals surface area contributed by atoms with Gasteiger partial charge < -0.3 is 43.4 Å². The van der Waals surface area contributed by atoms with Crippen LogP contribution in [0.3, 0.4) is 0 Å². The minimum Gasteiger partial charge on any atom is -0.480 e. The van der Waals surface area contributed by atoms with E-state index in [-0.39, 0.29) is 37.2 Å². The second-order valence-corrected chi connectivity index (χ2v) is 8.55. The van der Waals surface area contributed by atoms with Gasteiger partial charge in [-0.25, -0.2) is 4.79 Å². The molecule has 33 heavy (non-hydrogen) atoms. The number of nitrogens with zero attached hydrogens (tertiary/aromatic N) is 1. The molecule has 0 saturated heterocycles. The average molecular weight is 474 g/mol. The summed E-state index contributed by atoms with van der Waals surface area (Å²) < 4.78 is 0. The number of aliphatic carboxylic acids is 1. The van der Waals surface area contributed by atoms with E-state index in [1.165, 1.54) is 0 Å². The van der Waals surface area contributed by atoms with Crippen molar-refractivity contribution in [3.8, 4) is 0 Å². The third kappa shape index (κ3) is 12.0. The van der Waals surface area contributed by atoms with Gasteiger partial charge in [-0.05, 0) is 31.1 Å². The SMILES string of the molecule is CC(C)CC(NC(=O)C(CCCN=C(N)N)NC(=O)C(CO)NC(=O)C(N)C(C)C)C(=O)O. The van der Waals surface area contributed by atoms with Crippen molar-refractivity contribution in [1.82, 2.24) is 16.0 Å². The Kier molecular flexibility index (Phi) is 13.7. The Bertz CT molecular complexity index is 694. The number of nitrogens with two attached hydrogens (primary N) is 3. The van der Waals surface area contributed by atoms with Crippen LogP contribution < -0.4 is 33.2 Å². The fourth-order valence-corrected chi connectivity index (χ4v) is 2.77. The van der Waals surface area contributed by atoms with Crippen molar-refractivity contribution in [2.45, 2.75) is 71.1 Å². The lowest BCUT2D eigenvalue weighted by molar-refractivity contribution is -0.143. The van der Waals surface area contributed by atoms with E-state index >= 15 is 0 Å². The summed E-state index contributed by atoms with van der Waals surface area (Å²) in [4.78, 5) is 52.9. The van der Waals surface area contributed by atoms with Crippen LogP contribution in [-0.4, -0.2) is 77.2 Å². The van der Waals surface area contributed by atoms with E-state index in [9.17, 15) is 29.4 Å². The van der Waals surface area contributed by atoms with Gasteiger partial charge in [-0.3, -0.25) is 19.4 Å². The predicted molar refractivity (Wildman–Crippen MR) is 123 cm³/mol. The minimum absolute atomic E-state index is 0.000422. The van der Waals surface area contributed by atoms with Crippen LogP contribution in [0.4, 0.5) is 0 Å². The first-order valence-corrected chi connectivity index (χ1v) is 10.9. The van der Waals surface area contributed by atoms with E-state index in [0.717, 1.165) is 0 Å². The lowest BCUT2D eigenvalue weighted by Crippen LogP contribution is -2.58. The summed E-state index contributed by atoms with van der Waals surface area (Å²) in [6, 6.07) is -4.53. The smallest absolute Gasteiger partial charge is 0.326 e. The molecule has 0 aromatic rings. The second kappa shape index (κ2) is 15.0. The zero-order chi connectivity index (χ0) is 25.7. The Balaban J connectivity index is 5.42. The summed E-state index contributed by atoms with van der Waals surface area (Å²) in [5.41, 5.74) is 16.3. The van der Waals surface area contributed by atoms with Crippen molar-refractivity contribution in [1.29, 1.82) is 0 Å². The maximum Gasteiger partial charge on any atom is 0.326 e. The number of carboxylic acids is 1. The number of hydrogen-bond acceptors (Lipinski definition) is 7. The first-order chi connectivity index (χ1) is 15.3. The van der Waals surface area contributed by atoms with E-state index in [1.54, 1.807) is 13.8 Å². The van der Waals surface area contributed by atoms with E-state index in [2.05, 4.69) is 20.9 Å². The van der Waals surface area contributed by atoms with Crippen molar-refractivity contribution >= 4 is 29.7 Å². The number of aliphatic imine (C=N–C) groups is 1. The van der Waals surface area contributed by atoms with Crippen molar-refractivity contribution < 1.29 is 29.4 Å². The zero-order valence-electron chi connectivity index (χ0n) is 19.7. The summed E-state index contributed by atoms with van der Waals surface area (Å²) in [5, 5.41) is 26.2. The quantitative estimate of drug-likeness (QED) is 0.0717. The van der Waals surface area contributed by atoms with Crippen molar-refractivity contribution in [2.24, 2.45) is 34.0 Å². The van der Waals surface area contributed by atoms with Crippen LogP contribution in [0, 0.1) is 11.8 Å². The molecule has 4 unspecified atom stereocenters. The highest BCUT2D eigenvalue weighted by Crippen LogP contribution is 2.07. The largest absolute Gasteiger partial charge is 0.480 e. The monoisotopic (exact) mass is 473 g/mol. The Morgan fingerprint density at radius 2 is 1.39 bits per heavy atom.